The van der Waals surface area contributed by atoms with E-state index in [1.807, 2.05) is 31.2 Å². The number of carbonyl (C=O) groups is 1. The molecule has 0 aliphatic heterocycles. The van der Waals surface area contributed by atoms with Crippen LogP contribution in [-0.4, -0.2) is 23.7 Å². The van der Waals surface area contributed by atoms with Gasteiger partial charge < -0.3 is 10.4 Å². The minimum Gasteiger partial charge on any atom is -0.394 e. The summed E-state index contributed by atoms with van der Waals surface area (Å²) in [5.74, 6) is -0.189. The number of nitrogens with one attached hydrogen (secondary N) is 1. The zero-order valence-corrected chi connectivity index (χ0v) is 11.3. The van der Waals surface area contributed by atoms with Crippen molar-refractivity contribution in [3.05, 3.63) is 40.4 Å². The summed E-state index contributed by atoms with van der Waals surface area (Å²) in [6.45, 7) is 1.88. The highest BCUT2D eigenvalue weighted by atomic mass is 79.9. The molecule has 0 saturated heterocycles. The van der Waals surface area contributed by atoms with Crippen LogP contribution in [-0.2, 0) is 4.79 Å². The fourth-order valence-corrected chi connectivity index (χ4v) is 1.73. The lowest BCUT2D eigenvalue weighted by Gasteiger charge is -2.11. The van der Waals surface area contributed by atoms with Crippen molar-refractivity contribution in [1.82, 2.24) is 5.32 Å². The summed E-state index contributed by atoms with van der Waals surface area (Å²) in [5, 5.41) is 11.7. The predicted octanol–water partition coefficient (Wildman–Crippen LogP) is 2.35. The number of halogens is 1. The number of hydrogen-bond acceptors (Lipinski definition) is 2. The smallest absolute Gasteiger partial charge is 0.244 e. The van der Waals surface area contributed by atoms with Crippen molar-refractivity contribution in [3.8, 4) is 0 Å². The van der Waals surface area contributed by atoms with Crippen molar-refractivity contribution in [2.45, 2.75) is 19.4 Å². The summed E-state index contributed by atoms with van der Waals surface area (Å²) >= 11 is 3.36. The zero-order valence-electron chi connectivity index (χ0n) is 9.69. The van der Waals surface area contributed by atoms with E-state index < -0.39 is 0 Å². The molecule has 0 aromatic heterocycles. The van der Waals surface area contributed by atoms with Crippen molar-refractivity contribution >= 4 is 27.9 Å². The van der Waals surface area contributed by atoms with Gasteiger partial charge in [-0.05, 0) is 30.2 Å². The molecule has 17 heavy (non-hydrogen) atoms. The number of rotatable bonds is 5. The van der Waals surface area contributed by atoms with Crippen LogP contribution in [0.3, 0.4) is 0 Å². The van der Waals surface area contributed by atoms with E-state index in [9.17, 15) is 4.79 Å². The molecule has 1 aromatic rings. The Balaban J connectivity index is 2.56. The molecule has 1 atom stereocenters. The predicted molar refractivity (Wildman–Crippen MR) is 72.5 cm³/mol. The molecule has 0 spiro atoms. The Morgan fingerprint density at radius 3 is 2.94 bits per heavy atom. The van der Waals surface area contributed by atoms with Crippen LogP contribution in [0.15, 0.2) is 34.8 Å². The van der Waals surface area contributed by atoms with E-state index in [-0.39, 0.29) is 18.6 Å². The van der Waals surface area contributed by atoms with Crippen LogP contribution in [0.4, 0.5) is 0 Å². The SMILES string of the molecule is CC[C@@H](CO)NC(=O)/C=C/c1cccc(Br)c1. The first-order valence-electron chi connectivity index (χ1n) is 5.50. The second kappa shape index (κ2) is 7.25. The highest BCUT2D eigenvalue weighted by Crippen LogP contribution is 2.12. The third-order valence-electron chi connectivity index (χ3n) is 2.34. The monoisotopic (exact) mass is 297 g/mol. The van der Waals surface area contributed by atoms with Gasteiger partial charge in [-0.25, -0.2) is 0 Å². The minimum atomic E-state index is -0.189. The maximum Gasteiger partial charge on any atom is 0.244 e. The summed E-state index contributed by atoms with van der Waals surface area (Å²) in [5.41, 5.74) is 0.951. The molecule has 0 aliphatic rings. The van der Waals surface area contributed by atoms with Gasteiger partial charge >= 0.3 is 0 Å². The van der Waals surface area contributed by atoms with Gasteiger partial charge in [0.25, 0.3) is 0 Å². The highest BCUT2D eigenvalue weighted by molar-refractivity contribution is 9.10. The quantitative estimate of drug-likeness (QED) is 0.820. The normalized spacial score (nSPS) is 12.6. The first kappa shape index (κ1) is 13.9. The Bertz CT molecular complexity index is 400. The van der Waals surface area contributed by atoms with Crippen molar-refractivity contribution in [3.63, 3.8) is 0 Å². The largest absolute Gasteiger partial charge is 0.394 e. The Morgan fingerprint density at radius 1 is 1.59 bits per heavy atom. The van der Waals surface area contributed by atoms with Crippen LogP contribution in [0.2, 0.25) is 0 Å². The number of benzene rings is 1. The van der Waals surface area contributed by atoms with Gasteiger partial charge in [0.05, 0.1) is 12.6 Å². The number of hydrogen-bond donors (Lipinski definition) is 2. The Kier molecular flexibility index (Phi) is 5.94. The van der Waals surface area contributed by atoms with Gasteiger partial charge in [-0.1, -0.05) is 35.0 Å². The van der Waals surface area contributed by atoms with E-state index >= 15 is 0 Å². The van der Waals surface area contributed by atoms with E-state index in [0.29, 0.717) is 6.42 Å². The molecule has 3 nitrogen and oxygen atoms in total. The van der Waals surface area contributed by atoms with Crippen LogP contribution in [0.5, 0.6) is 0 Å². The van der Waals surface area contributed by atoms with Crippen molar-refractivity contribution in [1.29, 1.82) is 0 Å². The van der Waals surface area contributed by atoms with E-state index in [1.54, 1.807) is 6.08 Å². The van der Waals surface area contributed by atoms with E-state index in [1.165, 1.54) is 6.08 Å². The van der Waals surface area contributed by atoms with Gasteiger partial charge in [0.1, 0.15) is 0 Å². The summed E-state index contributed by atoms with van der Waals surface area (Å²) in [6.07, 6.45) is 3.93. The molecule has 4 heteroatoms. The molecular weight excluding hydrogens is 282 g/mol. The third-order valence-corrected chi connectivity index (χ3v) is 2.83. The first-order chi connectivity index (χ1) is 8.15. The van der Waals surface area contributed by atoms with Crippen LogP contribution in [0.25, 0.3) is 6.08 Å². The summed E-state index contributed by atoms with van der Waals surface area (Å²) < 4.78 is 0.974. The molecule has 2 N–H and O–H groups in total. The number of carbonyl (C=O) groups excluding carboxylic acids is 1. The second-order valence-corrected chi connectivity index (χ2v) is 4.60. The van der Waals surface area contributed by atoms with Gasteiger partial charge in [-0.3, -0.25) is 4.79 Å². The topological polar surface area (TPSA) is 49.3 Å². The minimum absolute atomic E-state index is 0.0348. The Morgan fingerprint density at radius 2 is 2.35 bits per heavy atom. The zero-order chi connectivity index (χ0) is 12.7. The lowest BCUT2D eigenvalue weighted by molar-refractivity contribution is -0.117. The fourth-order valence-electron chi connectivity index (χ4n) is 1.31. The van der Waals surface area contributed by atoms with Gasteiger partial charge in [0.15, 0.2) is 0 Å². The molecule has 1 rings (SSSR count). The molecule has 0 fully saturated rings. The van der Waals surface area contributed by atoms with Gasteiger partial charge in [-0.2, -0.15) is 0 Å². The maximum atomic E-state index is 11.5. The molecule has 0 unspecified atom stereocenters. The van der Waals surface area contributed by atoms with Crippen molar-refractivity contribution < 1.29 is 9.90 Å². The molecule has 1 amide bonds. The van der Waals surface area contributed by atoms with Crippen LogP contribution < -0.4 is 5.32 Å². The number of aliphatic hydroxyl groups is 1. The average molecular weight is 298 g/mol. The van der Waals surface area contributed by atoms with E-state index in [4.69, 9.17) is 5.11 Å². The molecule has 0 heterocycles. The van der Waals surface area contributed by atoms with Crippen LogP contribution >= 0.6 is 15.9 Å². The molecule has 0 aliphatic carbocycles. The second-order valence-electron chi connectivity index (χ2n) is 3.68. The molecule has 1 aromatic carbocycles. The summed E-state index contributed by atoms with van der Waals surface area (Å²) in [6, 6.07) is 7.50. The average Bonchev–Trinajstić information content (AvgIpc) is 2.33. The number of aliphatic hydroxyl groups excluding tert-OH is 1. The van der Waals surface area contributed by atoms with Crippen molar-refractivity contribution in [2.24, 2.45) is 0 Å². The summed E-state index contributed by atoms with van der Waals surface area (Å²) in [4.78, 5) is 11.5. The molecule has 92 valence electrons. The molecule has 0 radical (unpaired) electrons. The van der Waals surface area contributed by atoms with Crippen LogP contribution in [0, 0.1) is 0 Å². The number of amides is 1. The van der Waals surface area contributed by atoms with Crippen LogP contribution in [0.1, 0.15) is 18.9 Å². The van der Waals surface area contributed by atoms with E-state index in [2.05, 4.69) is 21.2 Å². The fraction of sp³-hybridized carbons (Fsp3) is 0.308. The summed E-state index contributed by atoms with van der Waals surface area (Å²) in [7, 11) is 0. The van der Waals surface area contributed by atoms with Gasteiger partial charge in [0.2, 0.25) is 5.91 Å². The highest BCUT2D eigenvalue weighted by Gasteiger charge is 2.05. The molecule has 0 saturated carbocycles. The maximum absolute atomic E-state index is 11.5. The molecular formula is C13H16BrNO2. The standard InChI is InChI=1S/C13H16BrNO2/c1-2-12(9-16)15-13(17)7-6-10-4-3-5-11(14)8-10/h3-8,12,16H,2,9H2,1H3,(H,15,17)/b7-6+/t12-/m0/s1. The van der Waals surface area contributed by atoms with Gasteiger partial charge in [-0.15, -0.1) is 0 Å². The lowest BCUT2D eigenvalue weighted by atomic mass is 10.2. The van der Waals surface area contributed by atoms with E-state index in [0.717, 1.165) is 10.0 Å². The van der Waals surface area contributed by atoms with Gasteiger partial charge in [0, 0.05) is 10.5 Å². The Labute approximate surface area is 110 Å². The third kappa shape index (κ3) is 5.15. The van der Waals surface area contributed by atoms with Crippen molar-refractivity contribution in [2.75, 3.05) is 6.61 Å². The lowest BCUT2D eigenvalue weighted by Crippen LogP contribution is -2.35. The first-order valence-corrected chi connectivity index (χ1v) is 6.30. The Hall–Kier alpha value is -1.13. The molecule has 0 bridgehead atoms.